The van der Waals surface area contributed by atoms with Gasteiger partial charge in [-0.05, 0) is 0 Å². The van der Waals surface area contributed by atoms with E-state index in [0.29, 0.717) is 0 Å². The quantitative estimate of drug-likeness (QED) is 0.331. The third-order valence-corrected chi connectivity index (χ3v) is 4.66. The molecular formula is C10H8N10O2S. The normalized spacial score (nSPS) is 12.2. The lowest BCUT2D eigenvalue weighted by Gasteiger charge is -2.06. The zero-order valence-corrected chi connectivity index (χ0v) is 12.0. The summed E-state index contributed by atoms with van der Waals surface area (Å²) in [5, 5.41) is -0.710. The number of aromatic nitrogens is 8. The Morgan fingerprint density at radius 3 is 1.65 bits per heavy atom. The van der Waals surface area contributed by atoms with Gasteiger partial charge in [0.05, 0.1) is 12.7 Å². The molecule has 0 aliphatic heterocycles. The molecule has 4 aromatic rings. The van der Waals surface area contributed by atoms with Gasteiger partial charge in [0.25, 0.3) is 0 Å². The Hall–Kier alpha value is -3.35. The van der Waals surface area contributed by atoms with Crippen LogP contribution in [0.1, 0.15) is 0 Å². The van der Waals surface area contributed by atoms with Crippen LogP contribution in [0.5, 0.6) is 0 Å². The summed E-state index contributed by atoms with van der Waals surface area (Å²) in [6.45, 7) is 0. The van der Waals surface area contributed by atoms with Gasteiger partial charge in [0.1, 0.15) is 11.0 Å². The monoisotopic (exact) mass is 332 g/mol. The zero-order valence-electron chi connectivity index (χ0n) is 11.2. The fraction of sp³-hybridized carbons (Fsp3) is 0. The van der Waals surface area contributed by atoms with Crippen LogP contribution in [-0.4, -0.2) is 48.3 Å². The Labute approximate surface area is 127 Å². The minimum Gasteiger partial charge on any atom is -0.368 e. The van der Waals surface area contributed by atoms with E-state index in [0.717, 1.165) is 0 Å². The number of fused-ring (bicyclic) bond motifs is 2. The molecule has 0 fully saturated rings. The minimum absolute atomic E-state index is 0.115. The van der Waals surface area contributed by atoms with Crippen molar-refractivity contribution in [1.29, 1.82) is 0 Å². The SMILES string of the molecule is Nc1nc(S(=O)(=O)c2nc(N)nc3nc[nH]c23)c2[nH]cnc2n1. The summed E-state index contributed by atoms with van der Waals surface area (Å²) in [6, 6.07) is 0. The van der Waals surface area contributed by atoms with Crippen LogP contribution in [-0.2, 0) is 9.84 Å². The Morgan fingerprint density at radius 2 is 1.22 bits per heavy atom. The van der Waals surface area contributed by atoms with E-state index in [1.165, 1.54) is 12.7 Å². The van der Waals surface area contributed by atoms with Crippen LogP contribution in [0.25, 0.3) is 22.3 Å². The number of hydrogen-bond acceptors (Lipinski definition) is 10. The van der Waals surface area contributed by atoms with Crippen molar-refractivity contribution in [1.82, 2.24) is 39.9 Å². The highest BCUT2D eigenvalue weighted by Crippen LogP contribution is 2.27. The molecular weight excluding hydrogens is 324 g/mol. The summed E-state index contributed by atoms with van der Waals surface area (Å²) in [4.78, 5) is 28.5. The van der Waals surface area contributed by atoms with Crippen LogP contribution in [0.15, 0.2) is 22.7 Å². The van der Waals surface area contributed by atoms with E-state index in [1.54, 1.807) is 0 Å². The van der Waals surface area contributed by atoms with E-state index in [2.05, 4.69) is 39.9 Å². The predicted octanol–water partition coefficient (Wildman–Crippen LogP) is -0.984. The highest BCUT2D eigenvalue weighted by atomic mass is 32.2. The maximum absolute atomic E-state index is 13.0. The minimum atomic E-state index is -4.18. The second kappa shape index (κ2) is 4.33. The molecule has 0 aromatic carbocycles. The third-order valence-electron chi connectivity index (χ3n) is 3.05. The van der Waals surface area contributed by atoms with Crippen LogP contribution in [0.2, 0.25) is 0 Å². The van der Waals surface area contributed by atoms with Gasteiger partial charge in [-0.3, -0.25) is 0 Å². The number of hydrogen-bond donors (Lipinski definition) is 4. The number of imidazole rings is 2. The Kier molecular flexibility index (Phi) is 2.51. The molecule has 0 aliphatic rings. The molecule has 0 amide bonds. The summed E-state index contributed by atoms with van der Waals surface area (Å²) < 4.78 is 25.9. The topological polar surface area (TPSA) is 195 Å². The first kappa shape index (κ1) is 13.3. The van der Waals surface area contributed by atoms with Crippen molar-refractivity contribution in [3.8, 4) is 0 Å². The zero-order chi connectivity index (χ0) is 16.2. The molecule has 0 saturated carbocycles. The van der Waals surface area contributed by atoms with Crippen molar-refractivity contribution in [2.75, 3.05) is 11.5 Å². The van der Waals surface area contributed by atoms with Gasteiger partial charge >= 0.3 is 0 Å². The lowest BCUT2D eigenvalue weighted by Crippen LogP contribution is -2.12. The largest absolute Gasteiger partial charge is 0.368 e. The number of sulfone groups is 1. The first-order valence-electron chi connectivity index (χ1n) is 6.15. The van der Waals surface area contributed by atoms with Crippen molar-refractivity contribution in [2.45, 2.75) is 10.1 Å². The lowest BCUT2D eigenvalue weighted by molar-refractivity contribution is 0.590. The molecule has 6 N–H and O–H groups in total. The molecule has 0 saturated heterocycles. The van der Waals surface area contributed by atoms with Crippen LogP contribution in [0.3, 0.4) is 0 Å². The maximum atomic E-state index is 13.0. The van der Waals surface area contributed by atoms with Crippen LogP contribution in [0, 0.1) is 0 Å². The Morgan fingerprint density at radius 1 is 0.783 bits per heavy atom. The summed E-state index contributed by atoms with van der Waals surface area (Å²) >= 11 is 0. The smallest absolute Gasteiger partial charge is 0.245 e. The number of H-pyrrole nitrogens is 2. The second-order valence-corrected chi connectivity index (χ2v) is 6.26. The highest BCUT2D eigenvalue weighted by Gasteiger charge is 2.29. The number of rotatable bonds is 2. The lowest BCUT2D eigenvalue weighted by atomic mass is 10.5. The average Bonchev–Trinajstić information content (AvgIpc) is 3.13. The summed E-state index contributed by atoms with van der Waals surface area (Å²) in [5.74, 6) is -0.461. The van der Waals surface area contributed by atoms with E-state index in [-0.39, 0.29) is 44.3 Å². The number of nitrogens with two attached hydrogens (primary N) is 2. The summed E-state index contributed by atoms with van der Waals surface area (Å²) in [7, 11) is -4.18. The van der Waals surface area contributed by atoms with Crippen molar-refractivity contribution in [3.63, 3.8) is 0 Å². The third kappa shape index (κ3) is 1.87. The molecule has 23 heavy (non-hydrogen) atoms. The fourth-order valence-corrected chi connectivity index (χ4v) is 3.57. The van der Waals surface area contributed by atoms with E-state index < -0.39 is 9.84 Å². The van der Waals surface area contributed by atoms with Crippen molar-refractivity contribution in [3.05, 3.63) is 12.7 Å². The molecule has 0 radical (unpaired) electrons. The van der Waals surface area contributed by atoms with E-state index in [1.807, 2.05) is 0 Å². The molecule has 0 aliphatic carbocycles. The van der Waals surface area contributed by atoms with Crippen molar-refractivity contribution < 1.29 is 8.42 Å². The molecule has 0 atom stereocenters. The van der Waals surface area contributed by atoms with Crippen molar-refractivity contribution in [2.24, 2.45) is 0 Å². The second-order valence-electron chi connectivity index (χ2n) is 4.48. The molecule has 0 bridgehead atoms. The van der Waals surface area contributed by atoms with Gasteiger partial charge in [-0.2, -0.15) is 19.9 Å². The van der Waals surface area contributed by atoms with Crippen molar-refractivity contribution >= 4 is 44.1 Å². The molecule has 0 spiro atoms. The van der Waals surface area contributed by atoms with Gasteiger partial charge < -0.3 is 21.4 Å². The van der Waals surface area contributed by atoms with Crippen LogP contribution >= 0.6 is 0 Å². The average molecular weight is 332 g/mol. The first-order chi connectivity index (χ1) is 11.0. The molecule has 4 aromatic heterocycles. The van der Waals surface area contributed by atoms with E-state index in [4.69, 9.17) is 11.5 Å². The summed E-state index contributed by atoms with van der Waals surface area (Å²) in [5.41, 5.74) is 11.6. The van der Waals surface area contributed by atoms with E-state index >= 15 is 0 Å². The van der Waals surface area contributed by atoms with Gasteiger partial charge in [0.2, 0.25) is 21.7 Å². The Balaban J connectivity index is 2.10. The molecule has 0 unspecified atom stereocenters. The highest BCUT2D eigenvalue weighted by molar-refractivity contribution is 7.91. The molecule has 4 rings (SSSR count). The standard InChI is InChI=1S/C10H8N10O2S/c11-9-17-5-3(13-1-15-5)7(19-9)23(21,22)8-4-6(16-2-14-4)18-10(12)20-8/h1-2H,(H3,11,13,15,17,19)(H3,12,14,16,18,20). The van der Waals surface area contributed by atoms with Gasteiger partial charge in [-0.1, -0.05) is 0 Å². The summed E-state index contributed by atoms with van der Waals surface area (Å²) in [6.07, 6.45) is 2.58. The number of anilines is 2. The molecule has 4 heterocycles. The van der Waals surface area contributed by atoms with Gasteiger partial charge in [0, 0.05) is 0 Å². The molecule has 116 valence electrons. The first-order valence-corrected chi connectivity index (χ1v) is 7.63. The number of nitrogens with zero attached hydrogens (tertiary/aromatic N) is 6. The van der Waals surface area contributed by atoms with Crippen LogP contribution < -0.4 is 11.5 Å². The van der Waals surface area contributed by atoms with Gasteiger partial charge in [-0.25, -0.2) is 18.4 Å². The number of nitrogen functional groups attached to an aromatic ring is 2. The van der Waals surface area contributed by atoms with Crippen LogP contribution in [0.4, 0.5) is 11.9 Å². The Bertz CT molecular complexity index is 1080. The number of aromatic amines is 2. The van der Waals surface area contributed by atoms with Gasteiger partial charge in [0.15, 0.2) is 21.3 Å². The van der Waals surface area contributed by atoms with Gasteiger partial charge in [-0.15, -0.1) is 0 Å². The molecule has 12 nitrogen and oxygen atoms in total. The maximum Gasteiger partial charge on any atom is 0.245 e. The molecule has 13 heteroatoms. The fourth-order valence-electron chi connectivity index (χ4n) is 2.13. The van der Waals surface area contributed by atoms with E-state index in [9.17, 15) is 8.42 Å². The number of nitrogens with one attached hydrogen (secondary N) is 2. The predicted molar refractivity (Wildman–Crippen MR) is 77.6 cm³/mol.